The van der Waals surface area contributed by atoms with Crippen molar-refractivity contribution >= 4 is 32.5 Å². The van der Waals surface area contributed by atoms with Gasteiger partial charge in [-0.2, -0.15) is 5.10 Å². The number of benzene rings is 1. The summed E-state index contributed by atoms with van der Waals surface area (Å²) in [6.07, 6.45) is 0. The molecule has 1 aromatic carbocycles. The maximum Gasteiger partial charge on any atom is 0.189 e. The molecule has 5 heteroatoms. The molecule has 2 heterocycles. The topological polar surface area (TPSA) is 42.7 Å². The highest BCUT2D eigenvalue weighted by molar-refractivity contribution is 7.22. The van der Waals surface area contributed by atoms with Crippen LogP contribution < -0.4 is 5.32 Å². The predicted molar refractivity (Wildman–Crippen MR) is 75.6 cm³/mol. The third-order valence-corrected chi connectivity index (χ3v) is 3.91. The van der Waals surface area contributed by atoms with Gasteiger partial charge in [-0.15, -0.1) is 0 Å². The van der Waals surface area contributed by atoms with Crippen molar-refractivity contribution in [2.24, 2.45) is 7.05 Å². The number of hydrogen-bond donors (Lipinski definition) is 1. The lowest BCUT2D eigenvalue weighted by Gasteiger charge is -1.95. The Bertz CT molecular complexity index is 691. The second-order valence-electron chi connectivity index (χ2n) is 4.36. The zero-order chi connectivity index (χ0) is 12.7. The number of fused-ring (bicyclic) bond motifs is 1. The van der Waals surface area contributed by atoms with Crippen molar-refractivity contribution in [2.75, 3.05) is 5.32 Å². The first kappa shape index (κ1) is 11.2. The van der Waals surface area contributed by atoms with E-state index in [-0.39, 0.29) is 0 Å². The quantitative estimate of drug-likeness (QED) is 0.766. The molecule has 0 saturated heterocycles. The molecule has 4 nitrogen and oxygen atoms in total. The first-order valence-electron chi connectivity index (χ1n) is 5.77. The van der Waals surface area contributed by atoms with Gasteiger partial charge in [-0.1, -0.05) is 23.5 Å². The smallest absolute Gasteiger partial charge is 0.189 e. The Morgan fingerprint density at radius 3 is 2.78 bits per heavy atom. The summed E-state index contributed by atoms with van der Waals surface area (Å²) < 4.78 is 3.05. The van der Waals surface area contributed by atoms with Crippen LogP contribution in [0.1, 0.15) is 11.3 Å². The summed E-state index contributed by atoms with van der Waals surface area (Å²) in [6.45, 7) is 4.11. The second kappa shape index (κ2) is 4.10. The minimum Gasteiger partial charge on any atom is -0.315 e. The lowest BCUT2D eigenvalue weighted by Crippen LogP contribution is -1.94. The Morgan fingerprint density at radius 2 is 2.11 bits per heavy atom. The molecule has 0 unspecified atom stereocenters. The molecule has 18 heavy (non-hydrogen) atoms. The fraction of sp³-hybridized carbons (Fsp3) is 0.231. The lowest BCUT2D eigenvalue weighted by molar-refractivity contribution is 0.743. The molecule has 0 aliphatic heterocycles. The molecule has 0 radical (unpaired) electrons. The SMILES string of the molecule is Cc1cccc2sc(Nc3cc(C)n(C)n3)nc12. The maximum absolute atomic E-state index is 4.60. The number of nitrogens with one attached hydrogen (secondary N) is 1. The van der Waals surface area contributed by atoms with Crippen molar-refractivity contribution in [1.29, 1.82) is 0 Å². The van der Waals surface area contributed by atoms with Crippen molar-refractivity contribution < 1.29 is 0 Å². The summed E-state index contributed by atoms with van der Waals surface area (Å²) in [5.74, 6) is 0.840. The number of thiazole rings is 1. The van der Waals surface area contributed by atoms with E-state index < -0.39 is 0 Å². The lowest BCUT2D eigenvalue weighted by atomic mass is 10.2. The van der Waals surface area contributed by atoms with Crippen LogP contribution in [0.5, 0.6) is 0 Å². The van der Waals surface area contributed by atoms with Crippen LogP contribution in [0.4, 0.5) is 10.9 Å². The molecular formula is C13H14N4S. The van der Waals surface area contributed by atoms with Gasteiger partial charge in [0.2, 0.25) is 0 Å². The molecule has 2 aromatic heterocycles. The second-order valence-corrected chi connectivity index (χ2v) is 5.39. The first-order valence-corrected chi connectivity index (χ1v) is 6.59. The predicted octanol–water partition coefficient (Wildman–Crippen LogP) is 3.39. The summed E-state index contributed by atoms with van der Waals surface area (Å²) in [5.41, 5.74) is 3.39. The molecular weight excluding hydrogens is 244 g/mol. The number of anilines is 2. The zero-order valence-electron chi connectivity index (χ0n) is 10.6. The fourth-order valence-corrected chi connectivity index (χ4v) is 2.82. The molecule has 1 N–H and O–H groups in total. The molecule has 0 aliphatic carbocycles. The highest BCUT2D eigenvalue weighted by atomic mass is 32.1. The molecule has 3 aromatic rings. The summed E-state index contributed by atoms with van der Waals surface area (Å²) in [4.78, 5) is 4.60. The highest BCUT2D eigenvalue weighted by Crippen LogP contribution is 2.29. The maximum atomic E-state index is 4.60. The van der Waals surface area contributed by atoms with E-state index >= 15 is 0 Å². The van der Waals surface area contributed by atoms with Gasteiger partial charge < -0.3 is 5.32 Å². The largest absolute Gasteiger partial charge is 0.315 e. The van der Waals surface area contributed by atoms with E-state index in [0.29, 0.717) is 0 Å². The summed E-state index contributed by atoms with van der Waals surface area (Å²) in [7, 11) is 1.93. The number of aromatic nitrogens is 3. The number of nitrogens with zero attached hydrogens (tertiary/aromatic N) is 3. The molecule has 0 saturated carbocycles. The van der Waals surface area contributed by atoms with Crippen LogP contribution in [-0.2, 0) is 7.05 Å². The van der Waals surface area contributed by atoms with Gasteiger partial charge in [-0.3, -0.25) is 4.68 Å². The van der Waals surface area contributed by atoms with E-state index in [4.69, 9.17) is 0 Å². The van der Waals surface area contributed by atoms with Crippen LogP contribution >= 0.6 is 11.3 Å². The Hall–Kier alpha value is -1.88. The molecule has 0 atom stereocenters. The minimum atomic E-state index is 0.840. The zero-order valence-corrected chi connectivity index (χ0v) is 11.4. The normalized spacial score (nSPS) is 11.1. The Labute approximate surface area is 109 Å². The summed E-state index contributed by atoms with van der Waals surface area (Å²) in [5, 5.41) is 8.51. The van der Waals surface area contributed by atoms with E-state index in [1.54, 1.807) is 11.3 Å². The van der Waals surface area contributed by atoms with Gasteiger partial charge in [0.15, 0.2) is 10.9 Å². The van der Waals surface area contributed by atoms with Crippen LogP contribution in [0.2, 0.25) is 0 Å². The molecule has 0 bridgehead atoms. The standard InChI is InChI=1S/C13H14N4S/c1-8-5-4-6-10-12(8)15-13(18-10)14-11-7-9(2)17(3)16-11/h4-7H,1-3H3,(H,14,15,16). The van der Waals surface area contributed by atoms with Gasteiger partial charge in [0.25, 0.3) is 0 Å². The number of rotatable bonds is 2. The van der Waals surface area contributed by atoms with Crippen LogP contribution in [0.15, 0.2) is 24.3 Å². The van der Waals surface area contributed by atoms with Crippen molar-refractivity contribution in [3.05, 3.63) is 35.5 Å². The van der Waals surface area contributed by atoms with Gasteiger partial charge in [0, 0.05) is 18.8 Å². The number of hydrogen-bond acceptors (Lipinski definition) is 4. The van der Waals surface area contributed by atoms with Crippen molar-refractivity contribution in [3.63, 3.8) is 0 Å². The average Bonchev–Trinajstić information content (AvgIpc) is 2.85. The van der Waals surface area contributed by atoms with Crippen LogP contribution in [0.3, 0.4) is 0 Å². The van der Waals surface area contributed by atoms with Gasteiger partial charge in [-0.05, 0) is 25.5 Å². The molecule has 0 amide bonds. The Morgan fingerprint density at radius 1 is 1.28 bits per heavy atom. The summed E-state index contributed by atoms with van der Waals surface area (Å²) in [6, 6.07) is 8.25. The van der Waals surface area contributed by atoms with Crippen LogP contribution in [-0.4, -0.2) is 14.8 Å². The number of aryl methyl sites for hydroxylation is 3. The third-order valence-electron chi connectivity index (χ3n) is 2.97. The molecule has 92 valence electrons. The first-order chi connectivity index (χ1) is 8.63. The van der Waals surface area contributed by atoms with Gasteiger partial charge in [-0.25, -0.2) is 4.98 Å². The Kier molecular flexibility index (Phi) is 2.56. The van der Waals surface area contributed by atoms with E-state index in [9.17, 15) is 0 Å². The van der Waals surface area contributed by atoms with Gasteiger partial charge >= 0.3 is 0 Å². The van der Waals surface area contributed by atoms with E-state index in [1.165, 1.54) is 10.3 Å². The monoisotopic (exact) mass is 258 g/mol. The van der Waals surface area contributed by atoms with Gasteiger partial charge in [0.1, 0.15) is 0 Å². The minimum absolute atomic E-state index is 0.840. The van der Waals surface area contributed by atoms with E-state index in [0.717, 1.165) is 22.2 Å². The molecule has 0 aliphatic rings. The van der Waals surface area contributed by atoms with Crippen molar-refractivity contribution in [3.8, 4) is 0 Å². The average molecular weight is 258 g/mol. The third kappa shape index (κ3) is 1.86. The highest BCUT2D eigenvalue weighted by Gasteiger charge is 2.07. The molecule has 0 fully saturated rings. The molecule has 0 spiro atoms. The van der Waals surface area contributed by atoms with Crippen LogP contribution in [0.25, 0.3) is 10.2 Å². The van der Waals surface area contributed by atoms with Gasteiger partial charge in [0.05, 0.1) is 10.2 Å². The summed E-state index contributed by atoms with van der Waals surface area (Å²) >= 11 is 1.65. The fourth-order valence-electron chi connectivity index (χ4n) is 1.87. The van der Waals surface area contributed by atoms with E-state index in [1.807, 2.05) is 24.7 Å². The van der Waals surface area contributed by atoms with Crippen molar-refractivity contribution in [2.45, 2.75) is 13.8 Å². The Balaban J connectivity index is 1.97. The van der Waals surface area contributed by atoms with Crippen LogP contribution in [0, 0.1) is 13.8 Å². The van der Waals surface area contributed by atoms with Crippen molar-refractivity contribution in [1.82, 2.24) is 14.8 Å². The molecule has 3 rings (SSSR count). The van der Waals surface area contributed by atoms with E-state index in [2.05, 4.69) is 40.5 Å². The number of para-hydroxylation sites is 1.